The Morgan fingerprint density at radius 2 is 2.04 bits per heavy atom. The Labute approximate surface area is 159 Å². The lowest BCUT2D eigenvalue weighted by Gasteiger charge is -2.21. The molecule has 7 nitrogen and oxygen atoms in total. The van der Waals surface area contributed by atoms with E-state index in [4.69, 9.17) is 16.3 Å². The van der Waals surface area contributed by atoms with E-state index in [1.165, 1.54) is 31.4 Å². The molecule has 1 heterocycles. The number of halogens is 2. The van der Waals surface area contributed by atoms with E-state index in [2.05, 4.69) is 20.9 Å². The minimum Gasteiger partial charge on any atom is -0.495 e. The van der Waals surface area contributed by atoms with Gasteiger partial charge in [0.25, 0.3) is 0 Å². The number of hydrogen-bond acceptors (Lipinski definition) is 5. The van der Waals surface area contributed by atoms with Crippen LogP contribution in [-0.4, -0.2) is 30.9 Å². The summed E-state index contributed by atoms with van der Waals surface area (Å²) >= 11 is 5.96. The minimum atomic E-state index is -0.939. The first-order chi connectivity index (χ1) is 12.9. The Morgan fingerprint density at radius 1 is 1.30 bits per heavy atom. The first-order valence-electron chi connectivity index (χ1n) is 7.99. The molecule has 27 heavy (non-hydrogen) atoms. The number of anilines is 2. The lowest BCUT2D eigenvalue weighted by Crippen LogP contribution is -2.45. The van der Waals surface area contributed by atoms with E-state index in [1.54, 1.807) is 18.2 Å². The van der Waals surface area contributed by atoms with Gasteiger partial charge in [0.2, 0.25) is 17.8 Å². The highest BCUT2D eigenvalue weighted by molar-refractivity contribution is 6.31. The van der Waals surface area contributed by atoms with Gasteiger partial charge in [-0.2, -0.15) is 0 Å². The maximum Gasteiger partial charge on any atom is 0.249 e. The van der Waals surface area contributed by atoms with Crippen molar-refractivity contribution in [3.05, 3.63) is 53.3 Å². The molecule has 2 amide bonds. The van der Waals surface area contributed by atoms with Crippen LogP contribution in [0, 0.1) is 5.82 Å². The van der Waals surface area contributed by atoms with Gasteiger partial charge in [-0.25, -0.2) is 9.38 Å². The summed E-state index contributed by atoms with van der Waals surface area (Å²) in [4.78, 5) is 28.7. The van der Waals surface area contributed by atoms with Crippen LogP contribution in [0.5, 0.6) is 5.75 Å². The molecular weight excluding hydrogens is 375 g/mol. The van der Waals surface area contributed by atoms with Crippen molar-refractivity contribution in [3.8, 4) is 5.75 Å². The normalized spacial score (nSPS) is 16.2. The summed E-state index contributed by atoms with van der Waals surface area (Å²) in [7, 11) is 1.47. The molecule has 0 saturated heterocycles. The fourth-order valence-electron chi connectivity index (χ4n) is 2.47. The molecule has 1 aliphatic rings. The Morgan fingerprint density at radius 3 is 2.74 bits per heavy atom. The van der Waals surface area contributed by atoms with Crippen LogP contribution in [0.3, 0.4) is 0 Å². The third-order valence-corrected chi connectivity index (χ3v) is 3.99. The van der Waals surface area contributed by atoms with Crippen molar-refractivity contribution in [2.24, 2.45) is 4.99 Å². The standard InChI is InChI=1S/C18H16ClFN4O3/c1-27-15-7-2-10(19)8-13(15)22-17(26)14-9-16(25)24-18(23-14)21-12-5-3-11(20)4-6-12/h2-8,14H,9H2,1H3,(H,22,26)(H2,21,23,24,25)/t14-/m1/s1. The van der Waals surface area contributed by atoms with Crippen molar-refractivity contribution >= 4 is 40.7 Å². The van der Waals surface area contributed by atoms with Crippen LogP contribution < -0.4 is 20.7 Å². The number of rotatable bonds is 4. The number of ether oxygens (including phenoxy) is 1. The fourth-order valence-corrected chi connectivity index (χ4v) is 2.64. The van der Waals surface area contributed by atoms with Crippen LogP contribution >= 0.6 is 11.6 Å². The molecule has 3 rings (SSSR count). The lowest BCUT2D eigenvalue weighted by atomic mass is 10.1. The highest BCUT2D eigenvalue weighted by Gasteiger charge is 2.27. The molecule has 2 aromatic carbocycles. The Balaban J connectivity index is 1.76. The number of nitrogens with one attached hydrogen (secondary N) is 3. The van der Waals surface area contributed by atoms with Crippen LogP contribution in [0.1, 0.15) is 6.42 Å². The van der Waals surface area contributed by atoms with Crippen LogP contribution in [0.4, 0.5) is 15.8 Å². The molecule has 3 N–H and O–H groups in total. The van der Waals surface area contributed by atoms with Gasteiger partial charge in [0.1, 0.15) is 17.6 Å². The van der Waals surface area contributed by atoms with Crippen LogP contribution in [0.2, 0.25) is 5.02 Å². The smallest absolute Gasteiger partial charge is 0.249 e. The molecule has 0 aromatic heterocycles. The number of aliphatic imine (C=N–C) groups is 1. The van der Waals surface area contributed by atoms with Gasteiger partial charge < -0.3 is 15.4 Å². The van der Waals surface area contributed by atoms with Crippen molar-refractivity contribution in [1.82, 2.24) is 5.32 Å². The number of amides is 2. The van der Waals surface area contributed by atoms with E-state index in [-0.39, 0.29) is 24.1 Å². The van der Waals surface area contributed by atoms with Crippen molar-refractivity contribution in [3.63, 3.8) is 0 Å². The SMILES string of the molecule is COc1ccc(Cl)cc1NC(=O)[C@H]1CC(=O)NC(Nc2ccc(F)cc2)=N1. The zero-order valence-electron chi connectivity index (χ0n) is 14.3. The van der Waals surface area contributed by atoms with Crippen LogP contribution in [0.15, 0.2) is 47.5 Å². The number of carbonyl (C=O) groups excluding carboxylic acids is 2. The van der Waals surface area contributed by atoms with Crippen LogP contribution in [-0.2, 0) is 9.59 Å². The van der Waals surface area contributed by atoms with Crippen molar-refractivity contribution in [1.29, 1.82) is 0 Å². The monoisotopic (exact) mass is 390 g/mol. The molecule has 0 radical (unpaired) electrons. The summed E-state index contributed by atoms with van der Waals surface area (Å²) in [5, 5.41) is 8.48. The zero-order chi connectivity index (χ0) is 19.4. The Kier molecular flexibility index (Phi) is 5.56. The quantitative estimate of drug-likeness (QED) is 0.748. The van der Waals surface area contributed by atoms with Gasteiger partial charge in [-0.1, -0.05) is 11.6 Å². The van der Waals surface area contributed by atoms with E-state index < -0.39 is 11.9 Å². The number of carbonyl (C=O) groups is 2. The molecule has 0 bridgehead atoms. The van der Waals surface area contributed by atoms with Crippen molar-refractivity contribution in [2.45, 2.75) is 12.5 Å². The third kappa shape index (κ3) is 4.73. The summed E-state index contributed by atoms with van der Waals surface area (Å²) in [6, 6.07) is 9.37. The summed E-state index contributed by atoms with van der Waals surface area (Å²) in [6.45, 7) is 0. The molecule has 0 aliphatic carbocycles. The predicted octanol–water partition coefficient (Wildman–Crippen LogP) is 2.78. The first-order valence-corrected chi connectivity index (χ1v) is 8.37. The van der Waals surface area contributed by atoms with Gasteiger partial charge in [-0.15, -0.1) is 0 Å². The molecule has 0 saturated carbocycles. The van der Waals surface area contributed by atoms with E-state index in [0.717, 1.165) is 0 Å². The predicted molar refractivity (Wildman–Crippen MR) is 101 cm³/mol. The molecule has 0 unspecified atom stereocenters. The molecular formula is C18H16ClFN4O3. The summed E-state index contributed by atoms with van der Waals surface area (Å²) < 4.78 is 18.2. The molecule has 140 valence electrons. The average molecular weight is 391 g/mol. The van der Waals surface area contributed by atoms with Gasteiger partial charge in [0, 0.05) is 10.7 Å². The zero-order valence-corrected chi connectivity index (χ0v) is 15.0. The van der Waals surface area contributed by atoms with E-state index >= 15 is 0 Å². The summed E-state index contributed by atoms with van der Waals surface area (Å²) in [5.41, 5.74) is 0.900. The minimum absolute atomic E-state index is 0.107. The van der Waals surface area contributed by atoms with Gasteiger partial charge in [-0.05, 0) is 42.5 Å². The second-order valence-corrected chi connectivity index (χ2v) is 6.15. The second kappa shape index (κ2) is 8.05. The average Bonchev–Trinajstić information content (AvgIpc) is 2.63. The lowest BCUT2D eigenvalue weighted by molar-refractivity contribution is -0.124. The number of methoxy groups -OCH3 is 1. The molecule has 1 aliphatic heterocycles. The van der Waals surface area contributed by atoms with Gasteiger partial charge in [0.15, 0.2) is 0 Å². The number of guanidine groups is 1. The topological polar surface area (TPSA) is 91.8 Å². The maximum atomic E-state index is 13.0. The summed E-state index contributed by atoms with van der Waals surface area (Å²) in [6.07, 6.45) is -0.108. The van der Waals surface area contributed by atoms with Crippen LogP contribution in [0.25, 0.3) is 0 Å². The summed E-state index contributed by atoms with van der Waals surface area (Å²) in [5.74, 6) is -0.697. The number of nitrogens with zero attached hydrogens (tertiary/aromatic N) is 1. The highest BCUT2D eigenvalue weighted by atomic mass is 35.5. The molecule has 2 aromatic rings. The van der Waals surface area contributed by atoms with Crippen molar-refractivity contribution < 1.29 is 18.7 Å². The maximum absolute atomic E-state index is 13.0. The van der Waals surface area contributed by atoms with E-state index in [0.29, 0.717) is 22.1 Å². The second-order valence-electron chi connectivity index (χ2n) is 5.71. The highest BCUT2D eigenvalue weighted by Crippen LogP contribution is 2.28. The van der Waals surface area contributed by atoms with E-state index in [9.17, 15) is 14.0 Å². The molecule has 0 spiro atoms. The van der Waals surface area contributed by atoms with Crippen molar-refractivity contribution in [2.75, 3.05) is 17.7 Å². The number of hydrogen-bond donors (Lipinski definition) is 3. The van der Waals surface area contributed by atoms with Gasteiger partial charge in [-0.3, -0.25) is 14.9 Å². The fraction of sp³-hybridized carbons (Fsp3) is 0.167. The molecule has 0 fully saturated rings. The first kappa shape index (κ1) is 18.7. The molecule has 1 atom stereocenters. The Hall–Kier alpha value is -3.13. The third-order valence-electron chi connectivity index (χ3n) is 3.75. The Bertz CT molecular complexity index is 902. The molecule has 9 heteroatoms. The largest absolute Gasteiger partial charge is 0.495 e. The number of benzene rings is 2. The van der Waals surface area contributed by atoms with E-state index in [1.807, 2.05) is 0 Å². The van der Waals surface area contributed by atoms with Gasteiger partial charge >= 0.3 is 0 Å². The van der Waals surface area contributed by atoms with Gasteiger partial charge in [0.05, 0.1) is 19.2 Å².